The van der Waals surface area contributed by atoms with Crippen molar-refractivity contribution >= 4 is 17.3 Å². The molecule has 1 aliphatic carbocycles. The minimum Gasteiger partial charge on any atom is -0.493 e. The van der Waals surface area contributed by atoms with Gasteiger partial charge in [-0.1, -0.05) is 12.1 Å². The number of hydrogen-bond donors (Lipinski definition) is 1. The summed E-state index contributed by atoms with van der Waals surface area (Å²) in [5.41, 5.74) is 6.33. The molecule has 2 aromatic heterocycles. The number of allylic oxidation sites excluding steroid dienone is 1. The number of hydrogen-bond acceptors (Lipinski definition) is 4. The molecular formula is C23H23N3O2. The number of pyridine rings is 2. The van der Waals surface area contributed by atoms with Crippen molar-refractivity contribution in [3.05, 3.63) is 88.9 Å². The van der Waals surface area contributed by atoms with E-state index < -0.39 is 0 Å². The Morgan fingerprint density at radius 2 is 2.00 bits per heavy atom. The molecule has 1 aromatic carbocycles. The zero-order valence-electron chi connectivity index (χ0n) is 15.3. The van der Waals surface area contributed by atoms with Gasteiger partial charge in [0.15, 0.2) is 0 Å². The van der Waals surface area contributed by atoms with E-state index in [4.69, 9.17) is 4.74 Å². The molecule has 0 radical (unpaired) electrons. The van der Waals surface area contributed by atoms with Crippen LogP contribution in [0.4, 0.5) is 5.82 Å². The third-order valence-electron chi connectivity index (χ3n) is 5.17. The van der Waals surface area contributed by atoms with Crippen LogP contribution < -0.4 is 10.1 Å². The van der Waals surface area contributed by atoms with Crippen LogP contribution in [0.2, 0.25) is 0 Å². The second-order valence-electron chi connectivity index (χ2n) is 6.98. The highest BCUT2D eigenvalue weighted by Crippen LogP contribution is 2.35. The molecule has 2 aliphatic rings. The number of rotatable bonds is 3. The first kappa shape index (κ1) is 16.7. The van der Waals surface area contributed by atoms with Crippen LogP contribution in [0, 0.1) is 0 Å². The van der Waals surface area contributed by atoms with Crippen LogP contribution in [-0.4, -0.2) is 22.5 Å². The molecule has 0 saturated heterocycles. The van der Waals surface area contributed by atoms with Gasteiger partial charge >= 0.3 is 0 Å². The number of fused-ring (bicyclic) bond motifs is 2. The largest absolute Gasteiger partial charge is 0.493 e. The third kappa shape index (κ3) is 3.05. The van der Waals surface area contributed by atoms with E-state index in [0.717, 1.165) is 42.9 Å². The minimum atomic E-state index is -0.185. The van der Waals surface area contributed by atoms with Crippen molar-refractivity contribution in [2.45, 2.75) is 19.3 Å². The second-order valence-corrected chi connectivity index (χ2v) is 6.98. The lowest BCUT2D eigenvalue weighted by molar-refractivity contribution is 0.102. The average molecular weight is 373 g/mol. The van der Waals surface area contributed by atoms with Gasteiger partial charge in [-0.05, 0) is 65.9 Å². The summed E-state index contributed by atoms with van der Waals surface area (Å²) in [4.78, 5) is 20.9. The molecule has 5 rings (SSSR count). The monoisotopic (exact) mass is 373 g/mol. The summed E-state index contributed by atoms with van der Waals surface area (Å²) in [6.45, 7) is 0.801. The predicted octanol–water partition coefficient (Wildman–Crippen LogP) is 4.53. The molecule has 0 saturated carbocycles. The molecule has 0 atom stereocenters. The van der Waals surface area contributed by atoms with Crippen LogP contribution in [-0.2, 0) is 12.8 Å². The topological polar surface area (TPSA) is 64.1 Å². The van der Waals surface area contributed by atoms with Gasteiger partial charge in [0.1, 0.15) is 11.6 Å². The highest BCUT2D eigenvalue weighted by molar-refractivity contribution is 6.03. The van der Waals surface area contributed by atoms with Gasteiger partial charge in [0.25, 0.3) is 5.91 Å². The van der Waals surface area contributed by atoms with Crippen molar-refractivity contribution in [2.24, 2.45) is 0 Å². The van der Waals surface area contributed by atoms with Crippen LogP contribution in [0.3, 0.4) is 0 Å². The molecule has 3 heterocycles. The fourth-order valence-electron chi connectivity index (χ4n) is 3.77. The van der Waals surface area contributed by atoms with Crippen LogP contribution in [0.25, 0.3) is 5.57 Å². The number of ether oxygens (including phenoxy) is 1. The first-order chi connectivity index (χ1) is 13.8. The van der Waals surface area contributed by atoms with Gasteiger partial charge in [-0.15, -0.1) is 0 Å². The zero-order valence-corrected chi connectivity index (χ0v) is 15.3. The van der Waals surface area contributed by atoms with Crippen molar-refractivity contribution in [3.8, 4) is 5.75 Å². The Balaban J connectivity index is 0.00000128. The molecule has 0 fully saturated rings. The Morgan fingerprint density at radius 3 is 2.89 bits per heavy atom. The average Bonchev–Trinajstić information content (AvgIpc) is 3.17. The summed E-state index contributed by atoms with van der Waals surface area (Å²) in [6, 6.07) is 13.7. The number of carbonyl (C=O) groups is 1. The molecule has 0 spiro atoms. The summed E-state index contributed by atoms with van der Waals surface area (Å²) >= 11 is 0. The maximum atomic E-state index is 12.3. The van der Waals surface area contributed by atoms with Crippen molar-refractivity contribution in [3.63, 3.8) is 0 Å². The molecule has 1 aliphatic heterocycles. The molecule has 3 aromatic rings. The van der Waals surface area contributed by atoms with Crippen molar-refractivity contribution < 1.29 is 12.4 Å². The van der Waals surface area contributed by atoms with E-state index in [2.05, 4.69) is 39.6 Å². The third-order valence-corrected chi connectivity index (χ3v) is 5.17. The fourth-order valence-corrected chi connectivity index (χ4v) is 3.77. The number of nitrogens with zero attached hydrogens (tertiary/aromatic N) is 2. The predicted molar refractivity (Wildman–Crippen MR) is 112 cm³/mol. The first-order valence-electron chi connectivity index (χ1n) is 9.46. The molecule has 5 heteroatoms. The lowest BCUT2D eigenvalue weighted by Gasteiger charge is -2.18. The summed E-state index contributed by atoms with van der Waals surface area (Å²) in [5, 5.41) is 2.87. The highest BCUT2D eigenvalue weighted by atomic mass is 16.5. The molecule has 0 unspecified atom stereocenters. The SMILES string of the molecule is O=C(Nc1ccc2c(n1)CC=C2c1ccc2c(c1)CCCO2)c1ccncc1.[HH].[HH]. The molecule has 28 heavy (non-hydrogen) atoms. The number of benzene rings is 1. The molecule has 0 bridgehead atoms. The van der Waals surface area contributed by atoms with Gasteiger partial charge in [0.2, 0.25) is 0 Å². The van der Waals surface area contributed by atoms with Crippen molar-refractivity contribution in [1.82, 2.24) is 9.97 Å². The van der Waals surface area contributed by atoms with E-state index in [9.17, 15) is 4.79 Å². The smallest absolute Gasteiger partial charge is 0.256 e. The molecule has 142 valence electrons. The maximum Gasteiger partial charge on any atom is 0.256 e. The number of nitrogens with one attached hydrogen (secondary N) is 1. The van der Waals surface area contributed by atoms with E-state index in [1.165, 1.54) is 16.7 Å². The number of aryl methyl sites for hydroxylation is 1. The lowest BCUT2D eigenvalue weighted by atomic mass is 9.96. The summed E-state index contributed by atoms with van der Waals surface area (Å²) < 4.78 is 5.72. The standard InChI is InChI=1S/C23H19N3O2.2H2/c27-23(15-9-11-24-12-10-15)26-22-8-5-19-18(4-6-20(19)25-22)16-3-7-21-17(14-16)2-1-13-28-21;;/h3-5,7-12,14H,1-2,6,13H2,(H,25,26,27);2*1H. The number of aromatic nitrogens is 2. The molecular weight excluding hydrogens is 350 g/mol. The van der Waals surface area contributed by atoms with Gasteiger partial charge < -0.3 is 10.1 Å². The van der Waals surface area contributed by atoms with E-state index in [0.29, 0.717) is 11.4 Å². The van der Waals surface area contributed by atoms with Crippen molar-refractivity contribution in [1.29, 1.82) is 0 Å². The minimum absolute atomic E-state index is 0. The molecule has 1 N–H and O–H groups in total. The number of amides is 1. The number of carbonyl (C=O) groups excluding carboxylic acids is 1. The van der Waals surface area contributed by atoms with E-state index in [1.807, 2.05) is 12.1 Å². The molecule has 1 amide bonds. The first-order valence-corrected chi connectivity index (χ1v) is 9.46. The lowest BCUT2D eigenvalue weighted by Crippen LogP contribution is -2.13. The van der Waals surface area contributed by atoms with E-state index in [1.54, 1.807) is 24.5 Å². The quantitative estimate of drug-likeness (QED) is 0.732. The normalized spacial score (nSPS) is 14.5. The summed E-state index contributed by atoms with van der Waals surface area (Å²) in [7, 11) is 0. The van der Waals surface area contributed by atoms with Crippen LogP contribution >= 0.6 is 0 Å². The van der Waals surface area contributed by atoms with Crippen molar-refractivity contribution in [2.75, 3.05) is 11.9 Å². The van der Waals surface area contributed by atoms with Crippen LogP contribution in [0.1, 0.15) is 42.0 Å². The van der Waals surface area contributed by atoms with Gasteiger partial charge in [0, 0.05) is 32.8 Å². The highest BCUT2D eigenvalue weighted by Gasteiger charge is 2.20. The zero-order chi connectivity index (χ0) is 18.9. The maximum absolute atomic E-state index is 12.3. The Morgan fingerprint density at radius 1 is 1.11 bits per heavy atom. The van der Waals surface area contributed by atoms with E-state index in [-0.39, 0.29) is 8.76 Å². The van der Waals surface area contributed by atoms with Crippen LogP contribution in [0.5, 0.6) is 5.75 Å². The number of anilines is 1. The van der Waals surface area contributed by atoms with Gasteiger partial charge in [-0.25, -0.2) is 4.98 Å². The fraction of sp³-hybridized carbons (Fsp3) is 0.174. The second kappa shape index (κ2) is 6.93. The Labute approximate surface area is 166 Å². The Bertz CT molecular complexity index is 1100. The Kier molecular flexibility index (Phi) is 4.13. The summed E-state index contributed by atoms with van der Waals surface area (Å²) in [6.07, 6.45) is 8.29. The van der Waals surface area contributed by atoms with Gasteiger partial charge in [-0.2, -0.15) is 0 Å². The van der Waals surface area contributed by atoms with E-state index >= 15 is 0 Å². The molecule has 5 nitrogen and oxygen atoms in total. The Hall–Kier alpha value is -3.47. The van der Waals surface area contributed by atoms with Crippen LogP contribution in [0.15, 0.2) is 60.9 Å². The van der Waals surface area contributed by atoms with Gasteiger partial charge in [-0.3, -0.25) is 9.78 Å². The van der Waals surface area contributed by atoms with Gasteiger partial charge in [0.05, 0.1) is 12.3 Å². The summed E-state index contributed by atoms with van der Waals surface area (Å²) in [5.74, 6) is 1.38.